The monoisotopic (exact) mass is 401 g/mol. The fourth-order valence-corrected chi connectivity index (χ4v) is 3.39. The summed E-state index contributed by atoms with van der Waals surface area (Å²) in [5, 5.41) is 9.38. The van der Waals surface area contributed by atoms with Crippen molar-refractivity contribution in [1.82, 2.24) is 4.98 Å². The van der Waals surface area contributed by atoms with Gasteiger partial charge in [-0.25, -0.2) is 9.78 Å². The lowest BCUT2D eigenvalue weighted by Gasteiger charge is -2.06. The van der Waals surface area contributed by atoms with Crippen molar-refractivity contribution in [3.8, 4) is 0 Å². The number of benzene rings is 1. The Bertz CT molecular complexity index is 949. The Morgan fingerprint density at radius 1 is 1.07 bits per heavy atom. The Balaban J connectivity index is 1.49. The zero-order chi connectivity index (χ0) is 19.2. The molecule has 138 valence electrons. The molecule has 0 spiro atoms. The number of carbonyl (C=O) groups excluding carboxylic acids is 3. The summed E-state index contributed by atoms with van der Waals surface area (Å²) in [7, 11) is 0. The first-order valence-electron chi connectivity index (χ1n) is 7.85. The van der Waals surface area contributed by atoms with Gasteiger partial charge in [0.15, 0.2) is 11.7 Å². The van der Waals surface area contributed by atoms with Crippen LogP contribution in [0.5, 0.6) is 0 Å². The molecule has 0 unspecified atom stereocenters. The first kappa shape index (κ1) is 18.7. The number of thiophene rings is 1. The Kier molecular flexibility index (Phi) is 5.94. The zero-order valence-electron chi connectivity index (χ0n) is 14.2. The molecule has 0 atom stereocenters. The molecule has 2 amide bonds. The highest BCUT2D eigenvalue weighted by Crippen LogP contribution is 2.16. The third kappa shape index (κ3) is 5.22. The zero-order valence-corrected chi connectivity index (χ0v) is 15.9. The summed E-state index contributed by atoms with van der Waals surface area (Å²) in [6.07, 6.45) is 0. The third-order valence-electron chi connectivity index (χ3n) is 3.32. The summed E-state index contributed by atoms with van der Waals surface area (Å²) in [5.41, 5.74) is 1.64. The molecule has 27 heavy (non-hydrogen) atoms. The van der Waals surface area contributed by atoms with Crippen molar-refractivity contribution in [2.75, 3.05) is 17.2 Å². The molecule has 0 saturated heterocycles. The number of nitrogens with zero attached hydrogens (tertiary/aromatic N) is 1. The fraction of sp³-hybridized carbons (Fsp3) is 0.111. The predicted octanol–water partition coefficient (Wildman–Crippen LogP) is 3.56. The van der Waals surface area contributed by atoms with E-state index in [0.29, 0.717) is 15.7 Å². The molecule has 2 heterocycles. The summed E-state index contributed by atoms with van der Waals surface area (Å²) >= 11 is 2.64. The van der Waals surface area contributed by atoms with Crippen molar-refractivity contribution in [1.29, 1.82) is 0 Å². The van der Waals surface area contributed by atoms with E-state index >= 15 is 0 Å². The van der Waals surface area contributed by atoms with Crippen LogP contribution in [0, 0.1) is 6.92 Å². The van der Waals surface area contributed by atoms with Crippen molar-refractivity contribution in [3.05, 3.63) is 63.3 Å². The quantitative estimate of drug-likeness (QED) is 0.616. The van der Waals surface area contributed by atoms with Gasteiger partial charge in [0, 0.05) is 11.1 Å². The van der Waals surface area contributed by atoms with E-state index in [2.05, 4.69) is 15.6 Å². The molecule has 0 aliphatic heterocycles. The van der Waals surface area contributed by atoms with E-state index in [1.807, 2.05) is 12.3 Å². The average molecular weight is 401 g/mol. The second-order valence-electron chi connectivity index (χ2n) is 5.43. The highest BCUT2D eigenvalue weighted by atomic mass is 32.1. The normalized spacial score (nSPS) is 10.3. The topological polar surface area (TPSA) is 97.4 Å². The van der Waals surface area contributed by atoms with Crippen molar-refractivity contribution >= 4 is 51.3 Å². The second kappa shape index (κ2) is 8.56. The average Bonchev–Trinajstić information content (AvgIpc) is 3.32. The molecule has 0 saturated carbocycles. The van der Waals surface area contributed by atoms with Crippen LogP contribution in [0.1, 0.15) is 25.7 Å². The molecule has 3 rings (SSSR count). The molecule has 0 aliphatic rings. The van der Waals surface area contributed by atoms with Crippen LogP contribution in [0.2, 0.25) is 0 Å². The minimum atomic E-state index is -0.628. The maximum absolute atomic E-state index is 12.0. The maximum Gasteiger partial charge on any atom is 0.338 e. The molecule has 9 heteroatoms. The van der Waals surface area contributed by atoms with Crippen LogP contribution in [-0.4, -0.2) is 29.4 Å². The second-order valence-corrected chi connectivity index (χ2v) is 7.23. The van der Waals surface area contributed by atoms with Crippen molar-refractivity contribution in [2.24, 2.45) is 0 Å². The number of rotatable bonds is 6. The van der Waals surface area contributed by atoms with E-state index in [-0.39, 0.29) is 11.5 Å². The number of aromatic nitrogens is 1. The van der Waals surface area contributed by atoms with Gasteiger partial charge in [0.2, 0.25) is 0 Å². The van der Waals surface area contributed by atoms with Crippen LogP contribution >= 0.6 is 22.7 Å². The molecule has 0 radical (unpaired) electrons. The van der Waals surface area contributed by atoms with Crippen LogP contribution in [0.25, 0.3) is 0 Å². The largest absolute Gasteiger partial charge is 0.452 e. The SMILES string of the molecule is Cc1csc(NC(=O)COC(=O)c2ccc(NC(=O)c3cccs3)cc2)n1. The van der Waals surface area contributed by atoms with Crippen LogP contribution < -0.4 is 10.6 Å². The van der Waals surface area contributed by atoms with E-state index in [9.17, 15) is 14.4 Å². The van der Waals surface area contributed by atoms with Crippen molar-refractivity contribution < 1.29 is 19.1 Å². The fourth-order valence-electron chi connectivity index (χ4n) is 2.07. The number of aryl methyl sites for hydroxylation is 1. The van der Waals surface area contributed by atoms with Gasteiger partial charge in [-0.15, -0.1) is 22.7 Å². The molecule has 2 aromatic heterocycles. The van der Waals surface area contributed by atoms with E-state index in [1.54, 1.807) is 29.6 Å². The number of amides is 2. The van der Waals surface area contributed by atoms with Crippen molar-refractivity contribution in [2.45, 2.75) is 6.92 Å². The smallest absolute Gasteiger partial charge is 0.338 e. The Morgan fingerprint density at radius 2 is 1.85 bits per heavy atom. The molecule has 0 bridgehead atoms. The number of hydrogen-bond donors (Lipinski definition) is 2. The summed E-state index contributed by atoms with van der Waals surface area (Å²) in [4.78, 5) is 40.5. The standard InChI is InChI=1S/C18H15N3O4S2/c1-11-10-27-18(19-11)21-15(22)9-25-17(24)12-4-6-13(7-5-12)20-16(23)14-3-2-8-26-14/h2-8,10H,9H2,1H3,(H,20,23)(H,19,21,22). The van der Waals surface area contributed by atoms with E-state index in [1.165, 1.54) is 34.8 Å². The molecule has 0 aliphatic carbocycles. The highest BCUT2D eigenvalue weighted by Gasteiger charge is 2.12. The van der Waals surface area contributed by atoms with Gasteiger partial charge in [-0.2, -0.15) is 0 Å². The summed E-state index contributed by atoms with van der Waals surface area (Å²) in [6, 6.07) is 9.76. The van der Waals surface area contributed by atoms with Gasteiger partial charge in [0.05, 0.1) is 16.1 Å². The number of esters is 1. The molecule has 0 fully saturated rings. The van der Waals surface area contributed by atoms with Gasteiger partial charge in [-0.3, -0.25) is 14.9 Å². The number of anilines is 2. The summed E-state index contributed by atoms with van der Waals surface area (Å²) in [5.74, 6) is -1.30. The first-order chi connectivity index (χ1) is 13.0. The summed E-state index contributed by atoms with van der Waals surface area (Å²) < 4.78 is 4.99. The number of ether oxygens (including phenoxy) is 1. The first-order valence-corrected chi connectivity index (χ1v) is 9.61. The molecule has 1 aromatic carbocycles. The van der Waals surface area contributed by atoms with Gasteiger partial charge < -0.3 is 10.1 Å². The number of carbonyl (C=O) groups is 3. The number of thiazole rings is 1. The minimum absolute atomic E-state index is 0.213. The van der Waals surface area contributed by atoms with Crippen molar-refractivity contribution in [3.63, 3.8) is 0 Å². The van der Waals surface area contributed by atoms with Crippen LogP contribution in [0.15, 0.2) is 47.2 Å². The van der Waals surface area contributed by atoms with E-state index in [4.69, 9.17) is 4.74 Å². The van der Waals surface area contributed by atoms with Crippen LogP contribution in [-0.2, 0) is 9.53 Å². The lowest BCUT2D eigenvalue weighted by molar-refractivity contribution is -0.119. The lowest BCUT2D eigenvalue weighted by Crippen LogP contribution is -2.20. The van der Waals surface area contributed by atoms with E-state index in [0.717, 1.165) is 5.69 Å². The minimum Gasteiger partial charge on any atom is -0.452 e. The highest BCUT2D eigenvalue weighted by molar-refractivity contribution is 7.14. The van der Waals surface area contributed by atoms with Gasteiger partial charge in [0.25, 0.3) is 11.8 Å². The summed E-state index contributed by atoms with van der Waals surface area (Å²) in [6.45, 7) is 1.41. The third-order valence-corrected chi connectivity index (χ3v) is 5.07. The molecular weight excluding hydrogens is 386 g/mol. The van der Waals surface area contributed by atoms with E-state index < -0.39 is 18.5 Å². The number of hydrogen-bond acceptors (Lipinski definition) is 7. The molecule has 3 aromatic rings. The van der Waals surface area contributed by atoms with Gasteiger partial charge in [-0.05, 0) is 42.6 Å². The van der Waals surface area contributed by atoms with Gasteiger partial charge in [0.1, 0.15) is 0 Å². The van der Waals surface area contributed by atoms with Gasteiger partial charge in [-0.1, -0.05) is 6.07 Å². The molecular formula is C18H15N3O4S2. The number of nitrogens with one attached hydrogen (secondary N) is 2. The lowest BCUT2D eigenvalue weighted by atomic mass is 10.2. The van der Waals surface area contributed by atoms with Crippen LogP contribution in [0.4, 0.5) is 10.8 Å². The Morgan fingerprint density at radius 3 is 2.48 bits per heavy atom. The Hall–Kier alpha value is -3.04. The van der Waals surface area contributed by atoms with Crippen LogP contribution in [0.3, 0.4) is 0 Å². The Labute approximate surface area is 163 Å². The molecule has 7 nitrogen and oxygen atoms in total. The molecule has 2 N–H and O–H groups in total. The predicted molar refractivity (Wildman–Crippen MR) is 104 cm³/mol. The maximum atomic E-state index is 12.0. The van der Waals surface area contributed by atoms with Gasteiger partial charge >= 0.3 is 5.97 Å².